The fourth-order valence-corrected chi connectivity index (χ4v) is 4.78. The van der Waals surface area contributed by atoms with Gasteiger partial charge in [0.1, 0.15) is 0 Å². The van der Waals surface area contributed by atoms with E-state index in [2.05, 4.69) is 17.1 Å². The fourth-order valence-electron chi connectivity index (χ4n) is 3.10. The van der Waals surface area contributed by atoms with Crippen LogP contribution >= 0.6 is 0 Å². The van der Waals surface area contributed by atoms with E-state index in [1.165, 1.54) is 6.42 Å². The van der Waals surface area contributed by atoms with Crippen LogP contribution in [0.2, 0.25) is 0 Å². The number of rotatable bonds is 3. The van der Waals surface area contributed by atoms with Crippen molar-refractivity contribution in [2.45, 2.75) is 44.4 Å². The molecule has 2 rings (SSSR count). The van der Waals surface area contributed by atoms with Crippen molar-refractivity contribution in [1.29, 1.82) is 0 Å². The average molecular weight is 289 g/mol. The van der Waals surface area contributed by atoms with Gasteiger partial charge < -0.3 is 5.32 Å². The lowest BCUT2D eigenvalue weighted by molar-refractivity contribution is 0.228. The van der Waals surface area contributed by atoms with Gasteiger partial charge in [-0.25, -0.2) is 8.42 Å². The normalized spacial score (nSPS) is 32.3. The molecule has 2 aliphatic rings. The van der Waals surface area contributed by atoms with Crippen LogP contribution in [0.4, 0.5) is 0 Å². The van der Waals surface area contributed by atoms with Crippen LogP contribution in [-0.4, -0.2) is 67.7 Å². The summed E-state index contributed by atoms with van der Waals surface area (Å²) in [5, 5.41) is 3.24. The number of hydrogen-bond acceptors (Lipinski definition) is 4. The minimum Gasteiger partial charge on any atom is -0.314 e. The molecule has 2 saturated heterocycles. The third-order valence-electron chi connectivity index (χ3n) is 4.45. The van der Waals surface area contributed by atoms with E-state index in [0.29, 0.717) is 25.7 Å². The summed E-state index contributed by atoms with van der Waals surface area (Å²) in [6.07, 6.45) is 2.31. The third kappa shape index (κ3) is 2.96. The third-order valence-corrected chi connectivity index (χ3v) is 7.00. The van der Waals surface area contributed by atoms with Crippen LogP contribution in [0.3, 0.4) is 0 Å². The van der Waals surface area contributed by atoms with Gasteiger partial charge in [-0.15, -0.1) is 0 Å². The Morgan fingerprint density at radius 2 is 2.05 bits per heavy atom. The smallest absolute Gasteiger partial charge is 0.220 e. The first-order valence-electron chi connectivity index (χ1n) is 7.33. The van der Waals surface area contributed by atoms with Crippen molar-refractivity contribution in [3.63, 3.8) is 0 Å². The number of nitrogens with zero attached hydrogens (tertiary/aromatic N) is 2. The van der Waals surface area contributed by atoms with Crippen LogP contribution in [0.5, 0.6) is 0 Å². The van der Waals surface area contributed by atoms with E-state index in [-0.39, 0.29) is 0 Å². The van der Waals surface area contributed by atoms with Crippen LogP contribution < -0.4 is 5.32 Å². The molecule has 0 amide bonds. The quantitative estimate of drug-likeness (QED) is 0.821. The highest BCUT2D eigenvalue weighted by Gasteiger charge is 2.42. The zero-order chi connectivity index (χ0) is 14.1. The lowest BCUT2D eigenvalue weighted by atomic mass is 10.2. The highest BCUT2D eigenvalue weighted by Crippen LogP contribution is 2.25. The van der Waals surface area contributed by atoms with Gasteiger partial charge >= 0.3 is 0 Å². The summed E-state index contributed by atoms with van der Waals surface area (Å²) in [4.78, 5) is 2.40. The Labute approximate surface area is 117 Å². The Hall–Kier alpha value is -0.170. The second kappa shape index (κ2) is 5.68. The van der Waals surface area contributed by atoms with Crippen molar-refractivity contribution >= 4 is 10.0 Å². The number of nitrogens with one attached hydrogen (secondary N) is 1. The SMILES string of the molecule is CCN1CCCC1CN1CCNCC(C)(C)S1(=O)=O. The van der Waals surface area contributed by atoms with E-state index < -0.39 is 14.8 Å². The van der Waals surface area contributed by atoms with Crippen LogP contribution in [0.25, 0.3) is 0 Å². The topological polar surface area (TPSA) is 52.6 Å². The van der Waals surface area contributed by atoms with Crippen LogP contribution in [-0.2, 0) is 10.0 Å². The van der Waals surface area contributed by atoms with Gasteiger partial charge in [-0.1, -0.05) is 6.92 Å². The maximum Gasteiger partial charge on any atom is 0.220 e. The summed E-state index contributed by atoms with van der Waals surface area (Å²) in [5.41, 5.74) is 0. The first kappa shape index (κ1) is 15.2. The van der Waals surface area contributed by atoms with Crippen molar-refractivity contribution < 1.29 is 8.42 Å². The van der Waals surface area contributed by atoms with Crippen molar-refractivity contribution in [2.75, 3.05) is 39.3 Å². The van der Waals surface area contributed by atoms with Crippen LogP contribution in [0, 0.1) is 0 Å². The second-order valence-electron chi connectivity index (χ2n) is 6.22. The molecule has 6 heteroatoms. The first-order chi connectivity index (χ1) is 8.88. The summed E-state index contributed by atoms with van der Waals surface area (Å²) in [6.45, 7) is 10.5. The molecule has 1 unspecified atom stereocenters. The van der Waals surface area contributed by atoms with Crippen molar-refractivity contribution in [3.8, 4) is 0 Å². The van der Waals surface area contributed by atoms with Crippen molar-refractivity contribution in [3.05, 3.63) is 0 Å². The van der Waals surface area contributed by atoms with Crippen molar-refractivity contribution in [2.24, 2.45) is 0 Å². The Kier molecular flexibility index (Phi) is 4.55. The summed E-state index contributed by atoms with van der Waals surface area (Å²) < 4.78 is 26.4. The van der Waals surface area contributed by atoms with Gasteiger partial charge in [-0.3, -0.25) is 4.90 Å². The predicted molar refractivity (Wildman–Crippen MR) is 77.7 cm³/mol. The molecular weight excluding hydrogens is 262 g/mol. The van der Waals surface area contributed by atoms with Gasteiger partial charge in [0, 0.05) is 32.2 Å². The molecule has 0 aliphatic carbocycles. The maximum atomic E-state index is 12.7. The molecule has 0 radical (unpaired) electrons. The standard InChI is InChI=1S/C13H27N3O2S/c1-4-15-8-5-6-12(15)10-16-9-7-14-11-13(2,3)19(16,17)18/h12,14H,4-11H2,1-3H3. The van der Waals surface area contributed by atoms with Gasteiger partial charge in [0.15, 0.2) is 0 Å². The van der Waals surface area contributed by atoms with E-state index in [9.17, 15) is 8.42 Å². The zero-order valence-electron chi connectivity index (χ0n) is 12.4. The highest BCUT2D eigenvalue weighted by molar-refractivity contribution is 7.90. The maximum absolute atomic E-state index is 12.7. The van der Waals surface area contributed by atoms with Gasteiger partial charge in [-0.2, -0.15) is 4.31 Å². The number of likely N-dealkylation sites (tertiary alicyclic amines) is 1. The fraction of sp³-hybridized carbons (Fsp3) is 1.00. The Morgan fingerprint density at radius 1 is 1.32 bits per heavy atom. The average Bonchev–Trinajstić information content (AvgIpc) is 2.75. The summed E-state index contributed by atoms with van der Waals surface area (Å²) in [5.74, 6) is 0. The predicted octanol–water partition coefficient (Wildman–Crippen LogP) is 0.484. The van der Waals surface area contributed by atoms with E-state index in [4.69, 9.17) is 0 Å². The van der Waals surface area contributed by atoms with Crippen LogP contribution in [0.15, 0.2) is 0 Å². The van der Waals surface area contributed by atoms with E-state index >= 15 is 0 Å². The Bertz CT molecular complexity index is 408. The molecule has 0 bridgehead atoms. The summed E-state index contributed by atoms with van der Waals surface area (Å²) in [7, 11) is -3.21. The molecule has 19 heavy (non-hydrogen) atoms. The van der Waals surface area contributed by atoms with E-state index in [0.717, 1.165) is 26.1 Å². The zero-order valence-corrected chi connectivity index (χ0v) is 13.2. The number of likely N-dealkylation sites (N-methyl/N-ethyl adjacent to an activating group) is 1. The minimum atomic E-state index is -3.21. The second-order valence-corrected chi connectivity index (χ2v) is 8.80. The summed E-state index contributed by atoms with van der Waals surface area (Å²) >= 11 is 0. The van der Waals surface area contributed by atoms with Crippen LogP contribution in [0.1, 0.15) is 33.6 Å². The van der Waals surface area contributed by atoms with E-state index in [1.54, 1.807) is 4.31 Å². The highest BCUT2D eigenvalue weighted by atomic mass is 32.2. The molecule has 0 aromatic carbocycles. The number of hydrogen-bond donors (Lipinski definition) is 1. The minimum absolute atomic E-state index is 0.397. The lowest BCUT2D eigenvalue weighted by Gasteiger charge is -2.33. The van der Waals surface area contributed by atoms with Gasteiger partial charge in [-0.05, 0) is 39.8 Å². The molecule has 0 spiro atoms. The van der Waals surface area contributed by atoms with Gasteiger partial charge in [0.2, 0.25) is 10.0 Å². The molecule has 1 N–H and O–H groups in total. The Balaban J connectivity index is 2.14. The van der Waals surface area contributed by atoms with Gasteiger partial charge in [0.25, 0.3) is 0 Å². The Morgan fingerprint density at radius 3 is 2.74 bits per heavy atom. The molecule has 2 heterocycles. The molecule has 5 nitrogen and oxygen atoms in total. The lowest BCUT2D eigenvalue weighted by Crippen LogP contribution is -2.50. The monoisotopic (exact) mass is 289 g/mol. The van der Waals surface area contributed by atoms with E-state index in [1.807, 2.05) is 13.8 Å². The molecule has 0 saturated carbocycles. The molecule has 1 atom stereocenters. The molecule has 0 aromatic heterocycles. The van der Waals surface area contributed by atoms with Gasteiger partial charge in [0.05, 0.1) is 4.75 Å². The first-order valence-corrected chi connectivity index (χ1v) is 8.77. The largest absolute Gasteiger partial charge is 0.314 e. The van der Waals surface area contributed by atoms with Crippen molar-refractivity contribution in [1.82, 2.24) is 14.5 Å². The molecule has 112 valence electrons. The molecular formula is C13H27N3O2S. The number of sulfonamides is 1. The molecule has 2 aliphatic heterocycles. The molecule has 0 aromatic rings. The molecule has 2 fully saturated rings. The summed E-state index contributed by atoms with van der Waals surface area (Å²) in [6, 6.07) is 0.397.